The molecular weight excluding hydrogens is 170 g/mol. The Labute approximate surface area is 73.8 Å². The fourth-order valence-electron chi connectivity index (χ4n) is 1.11. The van der Waals surface area contributed by atoms with Crippen molar-refractivity contribution in [3.05, 3.63) is 29.6 Å². The third kappa shape index (κ3) is 1.19. The molecule has 3 heteroatoms. The Morgan fingerprint density at radius 2 is 2.25 bits per heavy atom. The SMILES string of the molecule is O=CNc1ccc2ccsc2c1. The molecule has 0 aliphatic rings. The summed E-state index contributed by atoms with van der Waals surface area (Å²) in [5, 5.41) is 5.87. The van der Waals surface area contributed by atoms with E-state index in [2.05, 4.69) is 11.4 Å². The van der Waals surface area contributed by atoms with Crippen molar-refractivity contribution in [1.82, 2.24) is 0 Å². The van der Waals surface area contributed by atoms with Crippen LogP contribution in [-0.2, 0) is 4.79 Å². The van der Waals surface area contributed by atoms with Crippen molar-refractivity contribution in [1.29, 1.82) is 0 Å². The van der Waals surface area contributed by atoms with E-state index in [0.29, 0.717) is 6.41 Å². The molecule has 1 amide bonds. The Morgan fingerprint density at radius 1 is 1.33 bits per heavy atom. The second kappa shape index (κ2) is 2.95. The summed E-state index contributed by atoms with van der Waals surface area (Å²) >= 11 is 1.67. The first-order chi connectivity index (χ1) is 5.90. The molecule has 0 radical (unpaired) electrons. The Hall–Kier alpha value is -1.35. The summed E-state index contributed by atoms with van der Waals surface area (Å²) in [5.41, 5.74) is 0.847. The van der Waals surface area contributed by atoms with Crippen LogP contribution in [0.5, 0.6) is 0 Å². The Balaban J connectivity index is 2.52. The lowest BCUT2D eigenvalue weighted by molar-refractivity contribution is -0.105. The van der Waals surface area contributed by atoms with Crippen molar-refractivity contribution >= 4 is 33.5 Å². The molecular formula is C9H7NOS. The van der Waals surface area contributed by atoms with Crippen LogP contribution in [0.4, 0.5) is 5.69 Å². The van der Waals surface area contributed by atoms with Crippen LogP contribution in [0.15, 0.2) is 29.6 Å². The van der Waals surface area contributed by atoms with Gasteiger partial charge in [0.2, 0.25) is 6.41 Å². The molecule has 2 aromatic rings. The first kappa shape index (κ1) is 7.31. The zero-order chi connectivity index (χ0) is 8.39. The summed E-state index contributed by atoms with van der Waals surface area (Å²) in [7, 11) is 0. The van der Waals surface area contributed by atoms with E-state index in [1.165, 1.54) is 10.1 Å². The molecule has 1 aromatic carbocycles. The summed E-state index contributed by atoms with van der Waals surface area (Å²) < 4.78 is 1.20. The monoisotopic (exact) mass is 177 g/mol. The van der Waals surface area contributed by atoms with Crippen molar-refractivity contribution in [2.75, 3.05) is 5.32 Å². The number of thiophene rings is 1. The van der Waals surface area contributed by atoms with Crippen LogP contribution in [0.1, 0.15) is 0 Å². The van der Waals surface area contributed by atoms with Crippen LogP contribution in [0.25, 0.3) is 10.1 Å². The lowest BCUT2D eigenvalue weighted by Gasteiger charge is -1.96. The Kier molecular flexibility index (Phi) is 1.80. The van der Waals surface area contributed by atoms with Crippen molar-refractivity contribution in [2.24, 2.45) is 0 Å². The predicted octanol–water partition coefficient (Wildman–Crippen LogP) is 2.47. The van der Waals surface area contributed by atoms with Gasteiger partial charge in [0.1, 0.15) is 0 Å². The zero-order valence-electron chi connectivity index (χ0n) is 6.28. The van der Waals surface area contributed by atoms with Gasteiger partial charge >= 0.3 is 0 Å². The molecule has 2 nitrogen and oxygen atoms in total. The highest BCUT2D eigenvalue weighted by Crippen LogP contribution is 2.23. The number of fused-ring (bicyclic) bond motifs is 1. The van der Waals surface area contributed by atoms with E-state index in [1.54, 1.807) is 11.3 Å². The Bertz CT molecular complexity index is 408. The molecule has 0 saturated heterocycles. The van der Waals surface area contributed by atoms with Gasteiger partial charge in [-0.15, -0.1) is 11.3 Å². The predicted molar refractivity (Wildman–Crippen MR) is 51.5 cm³/mol. The van der Waals surface area contributed by atoms with Crippen LogP contribution in [0, 0.1) is 0 Å². The third-order valence-corrected chi connectivity index (χ3v) is 2.56. The van der Waals surface area contributed by atoms with E-state index < -0.39 is 0 Å². The van der Waals surface area contributed by atoms with Gasteiger partial charge in [-0.05, 0) is 29.0 Å². The second-order valence-electron chi connectivity index (χ2n) is 2.44. The standard InChI is InChI=1S/C9H7NOS/c11-6-10-8-2-1-7-3-4-12-9(7)5-8/h1-6H,(H,10,11). The minimum atomic E-state index is 0.689. The number of amides is 1. The molecule has 12 heavy (non-hydrogen) atoms. The van der Waals surface area contributed by atoms with Gasteiger partial charge in [-0.1, -0.05) is 6.07 Å². The minimum Gasteiger partial charge on any atom is -0.329 e. The van der Waals surface area contributed by atoms with E-state index in [-0.39, 0.29) is 0 Å². The third-order valence-electron chi connectivity index (χ3n) is 1.68. The molecule has 60 valence electrons. The largest absolute Gasteiger partial charge is 0.329 e. The van der Waals surface area contributed by atoms with Crippen LogP contribution in [0.3, 0.4) is 0 Å². The summed E-state index contributed by atoms with van der Waals surface area (Å²) in [6.07, 6.45) is 0.689. The topological polar surface area (TPSA) is 29.1 Å². The average molecular weight is 177 g/mol. The van der Waals surface area contributed by atoms with Gasteiger partial charge in [0.05, 0.1) is 0 Å². The average Bonchev–Trinajstić information content (AvgIpc) is 2.51. The number of carbonyl (C=O) groups is 1. The maximum absolute atomic E-state index is 10.1. The van der Waals surface area contributed by atoms with Crippen molar-refractivity contribution in [2.45, 2.75) is 0 Å². The normalized spacial score (nSPS) is 10.0. The van der Waals surface area contributed by atoms with E-state index >= 15 is 0 Å². The highest BCUT2D eigenvalue weighted by Gasteiger charge is 1.95. The quantitative estimate of drug-likeness (QED) is 0.701. The maximum Gasteiger partial charge on any atom is 0.211 e. The van der Waals surface area contributed by atoms with Gasteiger partial charge in [-0.25, -0.2) is 0 Å². The van der Waals surface area contributed by atoms with Gasteiger partial charge in [-0.2, -0.15) is 0 Å². The molecule has 0 fully saturated rings. The number of anilines is 1. The van der Waals surface area contributed by atoms with Crippen LogP contribution >= 0.6 is 11.3 Å². The lowest BCUT2D eigenvalue weighted by atomic mass is 10.2. The van der Waals surface area contributed by atoms with Crippen molar-refractivity contribution in [3.8, 4) is 0 Å². The molecule has 0 saturated carbocycles. The highest BCUT2D eigenvalue weighted by molar-refractivity contribution is 7.17. The fraction of sp³-hybridized carbons (Fsp3) is 0. The number of carbonyl (C=O) groups excluding carboxylic acids is 1. The summed E-state index contributed by atoms with van der Waals surface area (Å²) in [5.74, 6) is 0. The summed E-state index contributed by atoms with van der Waals surface area (Å²) in [4.78, 5) is 10.1. The van der Waals surface area contributed by atoms with Crippen molar-refractivity contribution in [3.63, 3.8) is 0 Å². The van der Waals surface area contributed by atoms with Crippen LogP contribution in [-0.4, -0.2) is 6.41 Å². The number of hydrogen-bond acceptors (Lipinski definition) is 2. The lowest BCUT2D eigenvalue weighted by Crippen LogP contribution is -1.91. The van der Waals surface area contributed by atoms with Gasteiger partial charge in [0, 0.05) is 10.4 Å². The molecule has 1 aromatic heterocycles. The summed E-state index contributed by atoms with van der Waals surface area (Å²) in [6.45, 7) is 0. The fourth-order valence-corrected chi connectivity index (χ4v) is 1.94. The number of rotatable bonds is 2. The Morgan fingerprint density at radius 3 is 3.08 bits per heavy atom. The van der Waals surface area contributed by atoms with E-state index in [4.69, 9.17) is 0 Å². The van der Waals surface area contributed by atoms with Gasteiger partial charge in [0.25, 0.3) is 0 Å². The van der Waals surface area contributed by atoms with Gasteiger partial charge in [-0.3, -0.25) is 4.79 Å². The zero-order valence-corrected chi connectivity index (χ0v) is 7.10. The molecule has 0 atom stereocenters. The van der Waals surface area contributed by atoms with E-state index in [0.717, 1.165) is 5.69 Å². The molecule has 2 rings (SSSR count). The molecule has 0 unspecified atom stereocenters. The van der Waals surface area contributed by atoms with Crippen LogP contribution < -0.4 is 5.32 Å². The van der Waals surface area contributed by atoms with E-state index in [9.17, 15) is 4.79 Å². The molecule has 0 aliphatic heterocycles. The highest BCUT2D eigenvalue weighted by atomic mass is 32.1. The first-order valence-corrected chi connectivity index (χ1v) is 4.45. The van der Waals surface area contributed by atoms with Crippen molar-refractivity contribution < 1.29 is 4.79 Å². The van der Waals surface area contributed by atoms with Gasteiger partial charge < -0.3 is 5.32 Å². The molecule has 0 bridgehead atoms. The number of benzene rings is 1. The summed E-state index contributed by atoms with van der Waals surface area (Å²) in [6, 6.07) is 7.92. The van der Waals surface area contributed by atoms with Crippen LogP contribution in [0.2, 0.25) is 0 Å². The smallest absolute Gasteiger partial charge is 0.211 e. The number of nitrogens with one attached hydrogen (secondary N) is 1. The molecule has 1 heterocycles. The second-order valence-corrected chi connectivity index (χ2v) is 3.38. The molecule has 1 N–H and O–H groups in total. The number of hydrogen-bond donors (Lipinski definition) is 1. The molecule has 0 spiro atoms. The first-order valence-electron chi connectivity index (χ1n) is 3.57. The van der Waals surface area contributed by atoms with E-state index in [1.807, 2.05) is 23.6 Å². The molecule has 0 aliphatic carbocycles. The van der Waals surface area contributed by atoms with Gasteiger partial charge in [0.15, 0.2) is 0 Å². The minimum absolute atomic E-state index is 0.689. The maximum atomic E-state index is 10.1.